The Labute approximate surface area is 158 Å². The van der Waals surface area contributed by atoms with Crippen molar-refractivity contribution in [3.63, 3.8) is 0 Å². The molecule has 0 amide bonds. The van der Waals surface area contributed by atoms with Gasteiger partial charge in [-0.05, 0) is 25.5 Å². The van der Waals surface area contributed by atoms with Crippen LogP contribution in [0.4, 0.5) is 0 Å². The van der Waals surface area contributed by atoms with E-state index in [1.54, 1.807) is 21.3 Å². The fourth-order valence-corrected chi connectivity index (χ4v) is 4.68. The first kappa shape index (κ1) is 24.6. The molecule has 0 heterocycles. The van der Waals surface area contributed by atoms with E-state index < -0.39 is 8.80 Å². The molecule has 0 aliphatic rings. The lowest BCUT2D eigenvalue weighted by Gasteiger charge is -2.24. The molecule has 0 atom stereocenters. The number of allylic oxidation sites excluding steroid dienone is 1. The Morgan fingerprint density at radius 2 is 1.24 bits per heavy atom. The van der Waals surface area contributed by atoms with Gasteiger partial charge in [-0.3, -0.25) is 0 Å². The third-order valence-corrected chi connectivity index (χ3v) is 7.53. The zero-order valence-corrected chi connectivity index (χ0v) is 18.3. The minimum absolute atomic E-state index is 0.843. The van der Waals surface area contributed by atoms with Crippen molar-refractivity contribution in [2.75, 3.05) is 27.9 Å². The summed E-state index contributed by atoms with van der Waals surface area (Å²) >= 11 is 0. The molecule has 0 bridgehead atoms. The van der Waals surface area contributed by atoms with Crippen LogP contribution in [-0.4, -0.2) is 36.7 Å². The molecule has 5 heteroatoms. The van der Waals surface area contributed by atoms with Crippen molar-refractivity contribution in [3.8, 4) is 0 Å². The quantitative estimate of drug-likeness (QED) is 0.234. The average molecular weight is 374 g/mol. The fourth-order valence-electron chi connectivity index (χ4n) is 2.96. The molecule has 0 aliphatic carbocycles. The zero-order chi connectivity index (χ0) is 18.6. The van der Waals surface area contributed by atoms with Crippen molar-refractivity contribution in [2.24, 2.45) is 0 Å². The first-order chi connectivity index (χ1) is 12.2. The molecular weight excluding hydrogens is 330 g/mol. The molecular formula is C20H43NO3Si. The first-order valence-electron chi connectivity index (χ1n) is 10.3. The molecule has 150 valence electrons. The molecule has 0 spiro atoms. The molecule has 0 rings (SSSR count). The third-order valence-electron chi connectivity index (χ3n) is 4.70. The second-order valence-electron chi connectivity index (χ2n) is 6.73. The summed E-state index contributed by atoms with van der Waals surface area (Å²) in [6, 6.07) is 0.843. The Morgan fingerprint density at radius 1 is 0.720 bits per heavy atom. The Hall–Kier alpha value is -0.363. The number of unbranched alkanes of at least 4 members (excludes halogenated alkanes) is 10. The van der Waals surface area contributed by atoms with Gasteiger partial charge in [-0.1, -0.05) is 70.8 Å². The number of hydrogen-bond acceptors (Lipinski definition) is 4. The van der Waals surface area contributed by atoms with Crippen LogP contribution in [0.25, 0.3) is 0 Å². The minimum atomic E-state index is -2.39. The van der Waals surface area contributed by atoms with Crippen LogP contribution in [0.2, 0.25) is 6.04 Å². The van der Waals surface area contributed by atoms with Crippen LogP contribution in [0.15, 0.2) is 12.3 Å². The van der Waals surface area contributed by atoms with Gasteiger partial charge in [0.1, 0.15) is 0 Å². The van der Waals surface area contributed by atoms with Gasteiger partial charge in [0.05, 0.1) is 0 Å². The number of hydrogen-bond donors (Lipinski definition) is 1. The van der Waals surface area contributed by atoms with Crippen molar-refractivity contribution in [2.45, 2.75) is 90.0 Å². The zero-order valence-electron chi connectivity index (χ0n) is 17.3. The van der Waals surface area contributed by atoms with E-state index in [0.717, 1.165) is 19.0 Å². The lowest BCUT2D eigenvalue weighted by atomic mass is 10.1. The molecule has 0 fully saturated rings. The second kappa shape index (κ2) is 18.4. The molecule has 0 aromatic carbocycles. The Morgan fingerprint density at radius 3 is 1.76 bits per heavy atom. The van der Waals surface area contributed by atoms with E-state index in [2.05, 4.69) is 24.5 Å². The van der Waals surface area contributed by atoms with Crippen LogP contribution < -0.4 is 5.32 Å². The van der Waals surface area contributed by atoms with Crippen LogP contribution in [-0.2, 0) is 13.3 Å². The molecule has 0 unspecified atom stereocenters. The van der Waals surface area contributed by atoms with Crippen LogP contribution in [0.1, 0.15) is 84.0 Å². The molecule has 0 aliphatic heterocycles. The smallest absolute Gasteiger partial charge is 0.391 e. The maximum absolute atomic E-state index is 5.41. The average Bonchev–Trinajstić information content (AvgIpc) is 2.65. The predicted octanol–water partition coefficient (Wildman–Crippen LogP) is 5.67. The van der Waals surface area contributed by atoms with Gasteiger partial charge >= 0.3 is 8.80 Å². The molecule has 4 nitrogen and oxygen atoms in total. The summed E-state index contributed by atoms with van der Waals surface area (Å²) in [5.74, 6) is 0. The summed E-state index contributed by atoms with van der Waals surface area (Å²) in [7, 11) is 2.61. The van der Waals surface area contributed by atoms with E-state index in [9.17, 15) is 0 Å². The highest BCUT2D eigenvalue weighted by Crippen LogP contribution is 2.14. The highest BCUT2D eigenvalue weighted by Gasteiger charge is 2.36. The highest BCUT2D eigenvalue weighted by molar-refractivity contribution is 6.60. The summed E-state index contributed by atoms with van der Waals surface area (Å²) in [5, 5.41) is 3.34. The van der Waals surface area contributed by atoms with Crippen LogP contribution >= 0.6 is 0 Å². The largest absolute Gasteiger partial charge is 0.500 e. The van der Waals surface area contributed by atoms with E-state index >= 15 is 0 Å². The van der Waals surface area contributed by atoms with Gasteiger partial charge in [0.25, 0.3) is 0 Å². The Bertz CT molecular complexity index is 288. The number of rotatable bonds is 19. The molecule has 0 saturated heterocycles. The molecule has 0 aromatic heterocycles. The van der Waals surface area contributed by atoms with Crippen molar-refractivity contribution < 1.29 is 13.3 Å². The van der Waals surface area contributed by atoms with E-state index in [1.165, 1.54) is 70.6 Å². The first-order valence-corrected chi connectivity index (χ1v) is 12.2. The van der Waals surface area contributed by atoms with Gasteiger partial charge < -0.3 is 18.6 Å². The highest BCUT2D eigenvalue weighted by atomic mass is 28.4. The fraction of sp³-hybridized carbons (Fsp3) is 0.900. The maximum atomic E-state index is 5.41. The van der Waals surface area contributed by atoms with Gasteiger partial charge in [0, 0.05) is 33.9 Å². The summed E-state index contributed by atoms with van der Waals surface area (Å²) < 4.78 is 16.2. The Kier molecular flexibility index (Phi) is 18.2. The third kappa shape index (κ3) is 14.5. The molecule has 25 heavy (non-hydrogen) atoms. The van der Waals surface area contributed by atoms with Gasteiger partial charge in [0.15, 0.2) is 0 Å². The monoisotopic (exact) mass is 373 g/mol. The van der Waals surface area contributed by atoms with Crippen LogP contribution in [0.5, 0.6) is 0 Å². The van der Waals surface area contributed by atoms with E-state index in [-0.39, 0.29) is 0 Å². The minimum Gasteiger partial charge on any atom is -0.391 e. The SMILES string of the molecule is CCCCCCCCCCCCC=CNCCC[Si](OC)(OC)OC. The summed E-state index contributed by atoms with van der Waals surface area (Å²) in [6.07, 6.45) is 20.5. The lowest BCUT2D eigenvalue weighted by molar-refractivity contribution is 0.123. The predicted molar refractivity (Wildman–Crippen MR) is 110 cm³/mol. The molecule has 1 N–H and O–H groups in total. The van der Waals surface area contributed by atoms with E-state index in [1.807, 2.05) is 0 Å². The van der Waals surface area contributed by atoms with Crippen LogP contribution in [0, 0.1) is 0 Å². The molecule has 0 aromatic rings. The normalized spacial score (nSPS) is 12.2. The topological polar surface area (TPSA) is 39.7 Å². The molecule has 0 saturated carbocycles. The lowest BCUT2D eigenvalue weighted by Crippen LogP contribution is -2.43. The Balaban J connectivity index is 3.33. The summed E-state index contributed by atoms with van der Waals surface area (Å²) in [4.78, 5) is 0. The van der Waals surface area contributed by atoms with Gasteiger partial charge in [-0.25, -0.2) is 0 Å². The summed E-state index contributed by atoms with van der Waals surface area (Å²) in [6.45, 7) is 3.21. The summed E-state index contributed by atoms with van der Waals surface area (Å²) in [5.41, 5.74) is 0. The maximum Gasteiger partial charge on any atom is 0.500 e. The van der Waals surface area contributed by atoms with Crippen molar-refractivity contribution in [3.05, 3.63) is 12.3 Å². The van der Waals surface area contributed by atoms with E-state index in [0.29, 0.717) is 0 Å². The number of nitrogens with one attached hydrogen (secondary N) is 1. The van der Waals surface area contributed by atoms with E-state index in [4.69, 9.17) is 13.3 Å². The van der Waals surface area contributed by atoms with Gasteiger partial charge in [-0.15, -0.1) is 0 Å². The van der Waals surface area contributed by atoms with Crippen molar-refractivity contribution in [1.82, 2.24) is 5.32 Å². The van der Waals surface area contributed by atoms with Crippen molar-refractivity contribution >= 4 is 8.80 Å². The standard InChI is InChI=1S/C20H43NO3Si/c1-5-6-7-8-9-10-11-12-13-14-15-16-18-21-19-17-20-25(22-2,23-3)24-4/h16,18,21H,5-15,17,19-20H2,1-4H3. The van der Waals surface area contributed by atoms with Gasteiger partial charge in [-0.2, -0.15) is 0 Å². The van der Waals surface area contributed by atoms with Gasteiger partial charge in [0.2, 0.25) is 0 Å². The van der Waals surface area contributed by atoms with Crippen molar-refractivity contribution in [1.29, 1.82) is 0 Å². The molecule has 0 radical (unpaired) electrons. The van der Waals surface area contributed by atoms with Crippen LogP contribution in [0.3, 0.4) is 0 Å². The second-order valence-corrected chi connectivity index (χ2v) is 9.82.